The number of imide groups is 1. The van der Waals surface area contributed by atoms with Gasteiger partial charge in [-0.15, -0.1) is 0 Å². The van der Waals surface area contributed by atoms with Gasteiger partial charge in [0.05, 0.1) is 11.9 Å². The maximum atomic E-state index is 12.2. The topological polar surface area (TPSA) is 80.8 Å². The molecule has 0 N–H and O–H groups in total. The monoisotopic (exact) mass is 315 g/mol. The van der Waals surface area contributed by atoms with Crippen LogP contribution in [0.3, 0.4) is 0 Å². The van der Waals surface area contributed by atoms with E-state index in [1.807, 2.05) is 0 Å². The second kappa shape index (κ2) is 5.68. The summed E-state index contributed by atoms with van der Waals surface area (Å²) in [5, 5.41) is -0.341. The van der Waals surface area contributed by atoms with E-state index in [1.54, 1.807) is 0 Å². The molecule has 0 aromatic heterocycles. The molecule has 2 saturated carbocycles. The predicted molar refractivity (Wildman–Crippen MR) is 74.7 cm³/mol. The highest BCUT2D eigenvalue weighted by Crippen LogP contribution is 2.47. The Labute approximate surface area is 124 Å². The van der Waals surface area contributed by atoms with Gasteiger partial charge in [0, 0.05) is 19.4 Å². The lowest BCUT2D eigenvalue weighted by Gasteiger charge is -2.21. The Morgan fingerprint density at radius 1 is 1.10 bits per heavy atom. The van der Waals surface area contributed by atoms with Crippen LogP contribution in [0.25, 0.3) is 0 Å². The van der Waals surface area contributed by atoms with Crippen molar-refractivity contribution < 1.29 is 22.2 Å². The lowest BCUT2D eigenvalue weighted by molar-refractivity contribution is -0.138. The molecule has 0 spiro atoms. The third-order valence-electron chi connectivity index (χ3n) is 4.97. The Morgan fingerprint density at radius 2 is 1.81 bits per heavy atom. The minimum absolute atomic E-state index is 0.0489. The molecule has 0 aromatic carbocycles. The molecule has 1 heterocycles. The number of nitrogens with zero attached hydrogens (tertiary/aromatic N) is 1. The van der Waals surface area contributed by atoms with Crippen molar-refractivity contribution in [3.05, 3.63) is 0 Å². The summed E-state index contributed by atoms with van der Waals surface area (Å²) in [5.41, 5.74) is 0. The average molecular weight is 315 g/mol. The Morgan fingerprint density at radius 3 is 2.38 bits per heavy atom. The average Bonchev–Trinajstić information content (AvgIpc) is 3.13. The number of fused-ring (bicyclic) bond motifs is 2. The van der Waals surface area contributed by atoms with Crippen molar-refractivity contribution in [2.24, 2.45) is 11.8 Å². The highest BCUT2D eigenvalue weighted by atomic mass is 32.2. The Kier molecular flexibility index (Phi) is 4.05. The van der Waals surface area contributed by atoms with Crippen LogP contribution in [-0.4, -0.2) is 43.5 Å². The standard InChI is InChI=1S/C14H21NO5S/c16-13-4-5-14(17)15(13)6-1-7-20-21(18,19)12-9-10-2-3-11(12)8-10/h10-12H,1-9H2. The van der Waals surface area contributed by atoms with Gasteiger partial charge >= 0.3 is 0 Å². The maximum absolute atomic E-state index is 12.2. The van der Waals surface area contributed by atoms with Gasteiger partial charge in [-0.3, -0.25) is 18.7 Å². The Bertz CT molecular complexity index is 528. The molecule has 2 aliphatic carbocycles. The largest absolute Gasteiger partial charge is 0.283 e. The summed E-state index contributed by atoms with van der Waals surface area (Å²) in [6.07, 6.45) is 4.80. The molecule has 3 rings (SSSR count). The molecular weight excluding hydrogens is 294 g/mol. The van der Waals surface area contributed by atoms with Crippen LogP contribution in [0.15, 0.2) is 0 Å². The number of carbonyl (C=O) groups excluding carboxylic acids is 2. The molecule has 21 heavy (non-hydrogen) atoms. The van der Waals surface area contributed by atoms with Gasteiger partial charge in [-0.05, 0) is 37.5 Å². The quantitative estimate of drug-likeness (QED) is 0.416. The van der Waals surface area contributed by atoms with Gasteiger partial charge in [0.25, 0.3) is 10.1 Å². The summed E-state index contributed by atoms with van der Waals surface area (Å²) in [4.78, 5) is 24.0. The normalized spacial score (nSPS) is 32.4. The van der Waals surface area contributed by atoms with Crippen molar-refractivity contribution in [2.75, 3.05) is 13.2 Å². The first-order valence-corrected chi connectivity index (χ1v) is 9.16. The molecule has 6 nitrogen and oxygen atoms in total. The molecule has 1 saturated heterocycles. The van der Waals surface area contributed by atoms with E-state index in [-0.39, 0.29) is 49.0 Å². The smallest absolute Gasteiger partial charge is 0.270 e. The van der Waals surface area contributed by atoms with E-state index in [1.165, 1.54) is 4.90 Å². The highest BCUT2D eigenvalue weighted by Gasteiger charge is 2.46. The second-order valence-corrected chi connectivity index (χ2v) is 8.15. The van der Waals surface area contributed by atoms with Crippen LogP contribution >= 0.6 is 0 Å². The van der Waals surface area contributed by atoms with E-state index in [2.05, 4.69) is 0 Å². The molecule has 1 aliphatic heterocycles. The third kappa shape index (κ3) is 2.99. The van der Waals surface area contributed by atoms with E-state index in [9.17, 15) is 18.0 Å². The lowest BCUT2D eigenvalue weighted by Crippen LogP contribution is -2.32. The van der Waals surface area contributed by atoms with Crippen molar-refractivity contribution in [1.82, 2.24) is 4.90 Å². The van der Waals surface area contributed by atoms with Crippen molar-refractivity contribution in [2.45, 2.75) is 50.2 Å². The van der Waals surface area contributed by atoms with Gasteiger partial charge < -0.3 is 0 Å². The van der Waals surface area contributed by atoms with Gasteiger partial charge in [0.2, 0.25) is 11.8 Å². The molecular formula is C14H21NO5S. The van der Waals surface area contributed by atoms with Crippen molar-refractivity contribution in [3.63, 3.8) is 0 Å². The van der Waals surface area contributed by atoms with Crippen LogP contribution in [0, 0.1) is 11.8 Å². The molecule has 0 radical (unpaired) electrons. The van der Waals surface area contributed by atoms with E-state index < -0.39 is 10.1 Å². The van der Waals surface area contributed by atoms with E-state index in [0.717, 1.165) is 25.7 Å². The highest BCUT2D eigenvalue weighted by molar-refractivity contribution is 7.87. The molecule has 0 aromatic rings. The number of carbonyl (C=O) groups is 2. The fourth-order valence-corrected chi connectivity index (χ4v) is 5.65. The maximum Gasteiger partial charge on any atom is 0.270 e. The Hall–Kier alpha value is -0.950. The van der Waals surface area contributed by atoms with Crippen LogP contribution in [-0.2, 0) is 23.9 Å². The zero-order valence-corrected chi connectivity index (χ0v) is 12.8. The number of hydrogen-bond acceptors (Lipinski definition) is 5. The molecule has 118 valence electrons. The predicted octanol–water partition coefficient (Wildman–Crippen LogP) is 1.06. The molecule has 3 fully saturated rings. The summed E-state index contributed by atoms with van der Waals surface area (Å²) in [6.45, 7) is 0.303. The summed E-state index contributed by atoms with van der Waals surface area (Å²) in [7, 11) is -3.50. The van der Waals surface area contributed by atoms with Crippen LogP contribution in [0.2, 0.25) is 0 Å². The molecule has 3 unspecified atom stereocenters. The summed E-state index contributed by atoms with van der Waals surface area (Å²) in [5.74, 6) is 0.479. The van der Waals surface area contributed by atoms with Crippen LogP contribution in [0.1, 0.15) is 44.9 Å². The van der Waals surface area contributed by atoms with E-state index in [4.69, 9.17) is 4.18 Å². The molecule has 3 atom stereocenters. The van der Waals surface area contributed by atoms with E-state index >= 15 is 0 Å². The van der Waals surface area contributed by atoms with Gasteiger partial charge in [-0.2, -0.15) is 8.42 Å². The van der Waals surface area contributed by atoms with Crippen LogP contribution in [0.4, 0.5) is 0 Å². The number of rotatable bonds is 6. The van der Waals surface area contributed by atoms with Gasteiger partial charge in [0.1, 0.15) is 0 Å². The minimum Gasteiger partial charge on any atom is -0.283 e. The van der Waals surface area contributed by atoms with E-state index in [0.29, 0.717) is 12.3 Å². The van der Waals surface area contributed by atoms with Gasteiger partial charge in [-0.25, -0.2) is 0 Å². The second-order valence-electron chi connectivity index (χ2n) is 6.32. The number of amides is 2. The summed E-state index contributed by atoms with van der Waals surface area (Å²) < 4.78 is 29.5. The number of likely N-dealkylation sites (tertiary alicyclic amines) is 1. The van der Waals surface area contributed by atoms with Crippen molar-refractivity contribution in [3.8, 4) is 0 Å². The first-order chi connectivity index (χ1) is 9.97. The lowest BCUT2D eigenvalue weighted by atomic mass is 10.0. The van der Waals surface area contributed by atoms with Crippen LogP contribution in [0.5, 0.6) is 0 Å². The SMILES string of the molecule is O=C1CCC(=O)N1CCCOS(=O)(=O)C1CC2CCC1C2. The molecule has 2 bridgehead atoms. The van der Waals surface area contributed by atoms with Gasteiger partial charge in [0.15, 0.2) is 0 Å². The minimum atomic E-state index is -3.50. The zero-order valence-electron chi connectivity index (χ0n) is 12.0. The Balaban J connectivity index is 1.45. The fraction of sp³-hybridized carbons (Fsp3) is 0.857. The molecule has 2 amide bonds. The first-order valence-electron chi connectivity index (χ1n) is 7.69. The molecule has 7 heteroatoms. The van der Waals surface area contributed by atoms with Crippen LogP contribution < -0.4 is 0 Å². The fourth-order valence-electron chi connectivity index (χ4n) is 3.90. The van der Waals surface area contributed by atoms with Crippen molar-refractivity contribution in [1.29, 1.82) is 0 Å². The number of hydrogen-bond donors (Lipinski definition) is 0. The van der Waals surface area contributed by atoms with Gasteiger partial charge in [-0.1, -0.05) is 6.42 Å². The summed E-state index contributed by atoms with van der Waals surface area (Å²) in [6, 6.07) is 0. The summed E-state index contributed by atoms with van der Waals surface area (Å²) >= 11 is 0. The first kappa shape index (κ1) is 15.0. The third-order valence-corrected chi connectivity index (χ3v) is 6.79. The molecule has 3 aliphatic rings. The zero-order chi connectivity index (χ0) is 15.0. The van der Waals surface area contributed by atoms with Crippen molar-refractivity contribution >= 4 is 21.9 Å².